The topological polar surface area (TPSA) is 93.0 Å². The normalized spacial score (nSPS) is 21.3. The maximum Gasteiger partial charge on any atom is 0.256 e. The number of nitrogens with zero attached hydrogens (tertiary/aromatic N) is 4. The number of piperidine rings is 1. The number of carbonyl (C=O) groups excluding carboxylic acids is 2. The average molecular weight is 541 g/mol. The summed E-state index contributed by atoms with van der Waals surface area (Å²) in [5, 5.41) is 0. The summed E-state index contributed by atoms with van der Waals surface area (Å²) >= 11 is 0. The number of rotatable bonds is 7. The van der Waals surface area contributed by atoms with Gasteiger partial charge in [0, 0.05) is 44.1 Å². The number of fused-ring (bicyclic) bond motifs is 4. The van der Waals surface area contributed by atoms with Crippen molar-refractivity contribution in [1.82, 2.24) is 9.80 Å². The van der Waals surface area contributed by atoms with Crippen molar-refractivity contribution < 1.29 is 23.8 Å². The van der Waals surface area contributed by atoms with Crippen molar-refractivity contribution >= 4 is 35.6 Å². The van der Waals surface area contributed by atoms with Crippen LogP contribution in [0.1, 0.15) is 46.4 Å². The van der Waals surface area contributed by atoms with Gasteiger partial charge in [0.05, 0.1) is 54.9 Å². The van der Waals surface area contributed by atoms with Crippen LogP contribution in [-0.2, 0) is 0 Å². The third-order valence-corrected chi connectivity index (χ3v) is 7.72. The molecular weight excluding hydrogens is 508 g/mol. The molecule has 4 heterocycles. The summed E-state index contributed by atoms with van der Waals surface area (Å²) in [6.07, 6.45) is 6.55. The van der Waals surface area contributed by atoms with E-state index < -0.39 is 0 Å². The van der Waals surface area contributed by atoms with E-state index in [0.29, 0.717) is 72.5 Å². The molecule has 4 aliphatic rings. The highest BCUT2D eigenvalue weighted by atomic mass is 16.5. The summed E-state index contributed by atoms with van der Waals surface area (Å²) < 4.78 is 17.5. The van der Waals surface area contributed by atoms with Gasteiger partial charge in [-0.05, 0) is 37.5 Å². The number of ether oxygens (including phenoxy) is 3. The molecule has 40 heavy (non-hydrogen) atoms. The molecule has 2 amide bonds. The Morgan fingerprint density at radius 1 is 0.850 bits per heavy atom. The number of hydrogen-bond acceptors (Lipinski definition) is 7. The van der Waals surface area contributed by atoms with Gasteiger partial charge in [-0.3, -0.25) is 19.6 Å². The van der Waals surface area contributed by atoms with E-state index in [1.54, 1.807) is 37.4 Å². The molecule has 2 saturated heterocycles. The van der Waals surface area contributed by atoms with Crippen molar-refractivity contribution in [2.45, 2.75) is 37.8 Å². The minimum atomic E-state index is -0.0809. The molecule has 0 spiro atoms. The fourth-order valence-electron chi connectivity index (χ4n) is 5.58. The summed E-state index contributed by atoms with van der Waals surface area (Å²) in [4.78, 5) is 39.1. The van der Waals surface area contributed by atoms with E-state index in [-0.39, 0.29) is 23.9 Å². The van der Waals surface area contributed by atoms with Crippen LogP contribution in [0.4, 0.5) is 11.4 Å². The summed E-state index contributed by atoms with van der Waals surface area (Å²) in [6, 6.07) is 8.73. The molecule has 9 nitrogen and oxygen atoms in total. The number of benzene rings is 2. The molecule has 2 unspecified atom stereocenters. The van der Waals surface area contributed by atoms with Crippen LogP contribution in [-0.4, -0.2) is 79.5 Å². The van der Waals surface area contributed by atoms with Gasteiger partial charge < -0.3 is 24.0 Å². The molecular formula is C31H32N4O5. The van der Waals surface area contributed by atoms with Crippen LogP contribution < -0.4 is 14.2 Å². The van der Waals surface area contributed by atoms with Crippen LogP contribution in [0.2, 0.25) is 0 Å². The highest BCUT2D eigenvalue weighted by Gasteiger charge is 2.34. The Morgan fingerprint density at radius 2 is 1.55 bits per heavy atom. The maximum absolute atomic E-state index is 13.3. The monoisotopic (exact) mass is 540 g/mol. The van der Waals surface area contributed by atoms with Crippen molar-refractivity contribution in [3.8, 4) is 17.2 Å². The zero-order valence-corrected chi connectivity index (χ0v) is 22.6. The smallest absolute Gasteiger partial charge is 0.256 e. The second kappa shape index (κ2) is 10.6. The van der Waals surface area contributed by atoms with Gasteiger partial charge in [-0.15, -0.1) is 0 Å². The molecule has 2 aromatic carbocycles. The quantitative estimate of drug-likeness (QED) is 0.368. The van der Waals surface area contributed by atoms with Gasteiger partial charge >= 0.3 is 0 Å². The average Bonchev–Trinajstić information content (AvgIpc) is 3.21. The van der Waals surface area contributed by atoms with Crippen LogP contribution in [0.15, 0.2) is 64.6 Å². The third kappa shape index (κ3) is 4.87. The zero-order valence-electron chi connectivity index (χ0n) is 22.6. The molecule has 0 aliphatic carbocycles. The molecule has 4 aliphatic heterocycles. The number of hydrogen-bond donors (Lipinski definition) is 0. The number of carbonyl (C=O) groups is 2. The van der Waals surface area contributed by atoms with Crippen LogP contribution in [0, 0.1) is 0 Å². The highest BCUT2D eigenvalue weighted by Crippen LogP contribution is 2.38. The van der Waals surface area contributed by atoms with Crippen molar-refractivity contribution in [2.75, 3.05) is 33.4 Å². The molecule has 0 aromatic heterocycles. The minimum absolute atomic E-state index is 0.0294. The van der Waals surface area contributed by atoms with E-state index in [2.05, 4.69) is 23.1 Å². The Morgan fingerprint density at radius 3 is 2.35 bits per heavy atom. The van der Waals surface area contributed by atoms with E-state index in [0.717, 1.165) is 30.4 Å². The van der Waals surface area contributed by atoms with Gasteiger partial charge in [-0.1, -0.05) is 24.3 Å². The Balaban J connectivity index is 1.07. The zero-order chi connectivity index (χ0) is 27.8. The van der Waals surface area contributed by atoms with E-state index in [1.807, 2.05) is 22.2 Å². The van der Waals surface area contributed by atoms with Crippen LogP contribution in [0.3, 0.4) is 0 Å². The minimum Gasteiger partial charge on any atom is -0.493 e. The lowest BCUT2D eigenvalue weighted by Crippen LogP contribution is -2.44. The molecule has 2 fully saturated rings. The Hall–Kier alpha value is -4.40. The fourth-order valence-corrected chi connectivity index (χ4v) is 5.58. The number of amides is 2. The van der Waals surface area contributed by atoms with Gasteiger partial charge in [-0.2, -0.15) is 0 Å². The molecule has 2 aromatic rings. The predicted octanol–water partition coefficient (Wildman–Crippen LogP) is 4.91. The summed E-state index contributed by atoms with van der Waals surface area (Å²) in [5.41, 5.74) is 4.44. The fraction of sp³-hybridized carbons (Fsp3) is 0.355. The van der Waals surface area contributed by atoms with Gasteiger partial charge in [0.2, 0.25) is 0 Å². The standard InChI is InChI=1S/C31H32N4O5/c1-19-7-8-34-21(11-19)16-33-27-15-29(28(38-3)14-25(27)31(34)37)40-10-4-9-39-23-5-6-24-26(13-23)32-17-22-12-20(2)18-35(22)30(24)36/h5-6,13-17,21-22H,1-2,4,7-12,18H2,3H3. The molecule has 6 rings (SSSR count). The van der Waals surface area contributed by atoms with Crippen LogP contribution in [0.25, 0.3) is 0 Å². The number of methoxy groups -OCH3 is 1. The molecule has 0 radical (unpaired) electrons. The van der Waals surface area contributed by atoms with Crippen molar-refractivity contribution in [1.29, 1.82) is 0 Å². The van der Waals surface area contributed by atoms with Crippen molar-refractivity contribution in [3.05, 3.63) is 65.8 Å². The highest BCUT2D eigenvalue weighted by molar-refractivity contribution is 6.04. The Labute approximate surface area is 233 Å². The predicted molar refractivity (Wildman–Crippen MR) is 153 cm³/mol. The lowest BCUT2D eigenvalue weighted by molar-refractivity contribution is 0.0712. The van der Waals surface area contributed by atoms with Gasteiger partial charge in [0.15, 0.2) is 11.5 Å². The summed E-state index contributed by atoms with van der Waals surface area (Å²) in [5.74, 6) is 1.57. The molecule has 0 bridgehead atoms. The van der Waals surface area contributed by atoms with Gasteiger partial charge in [0.1, 0.15) is 5.75 Å². The first-order chi connectivity index (χ1) is 19.4. The van der Waals surface area contributed by atoms with Crippen molar-refractivity contribution in [2.24, 2.45) is 9.98 Å². The molecule has 9 heteroatoms. The lowest BCUT2D eigenvalue weighted by Gasteiger charge is -2.33. The summed E-state index contributed by atoms with van der Waals surface area (Å²) in [6.45, 7) is 10.1. The van der Waals surface area contributed by atoms with E-state index in [4.69, 9.17) is 14.2 Å². The van der Waals surface area contributed by atoms with E-state index in [9.17, 15) is 9.59 Å². The SMILES string of the molecule is C=C1CCN2C(=O)c3cc(OC)c(OCCCOc4ccc5c(c4)N=CC4CC(=C)CN4C5=O)cc3N=CC2C1. The largest absolute Gasteiger partial charge is 0.493 e. The lowest BCUT2D eigenvalue weighted by atomic mass is 9.98. The second-order valence-electron chi connectivity index (χ2n) is 10.5. The van der Waals surface area contributed by atoms with Gasteiger partial charge in [-0.25, -0.2) is 0 Å². The van der Waals surface area contributed by atoms with Gasteiger partial charge in [0.25, 0.3) is 11.8 Å². The second-order valence-corrected chi connectivity index (χ2v) is 10.5. The molecule has 2 atom stereocenters. The molecule has 0 N–H and O–H groups in total. The van der Waals surface area contributed by atoms with Crippen LogP contribution >= 0.6 is 0 Å². The molecule has 0 saturated carbocycles. The summed E-state index contributed by atoms with van der Waals surface area (Å²) in [7, 11) is 1.56. The van der Waals surface area contributed by atoms with E-state index >= 15 is 0 Å². The Kier molecular flexibility index (Phi) is 6.88. The van der Waals surface area contributed by atoms with Crippen LogP contribution in [0.5, 0.6) is 17.2 Å². The first-order valence-electron chi connectivity index (χ1n) is 13.6. The third-order valence-electron chi connectivity index (χ3n) is 7.72. The van der Waals surface area contributed by atoms with E-state index in [1.165, 1.54) is 0 Å². The maximum atomic E-state index is 13.3. The first-order valence-corrected chi connectivity index (χ1v) is 13.6. The number of aliphatic imine (C=N–C) groups is 2. The Bertz CT molecular complexity index is 1460. The first kappa shape index (κ1) is 25.9. The molecule has 206 valence electrons. The van der Waals surface area contributed by atoms with Crippen molar-refractivity contribution in [3.63, 3.8) is 0 Å².